The van der Waals surface area contributed by atoms with Crippen LogP contribution in [0.1, 0.15) is 5.56 Å². The minimum atomic E-state index is 0.453. The third kappa shape index (κ3) is 1.69. The number of nitrogens with two attached hydrogens (primary N) is 1. The predicted molar refractivity (Wildman–Crippen MR) is 65.6 cm³/mol. The summed E-state index contributed by atoms with van der Waals surface area (Å²) < 4.78 is 0. The van der Waals surface area contributed by atoms with Crippen molar-refractivity contribution in [3.8, 4) is 10.4 Å². The van der Waals surface area contributed by atoms with Gasteiger partial charge in [-0.2, -0.15) is 0 Å². The van der Waals surface area contributed by atoms with E-state index >= 15 is 0 Å². The fourth-order valence-corrected chi connectivity index (χ4v) is 2.29. The van der Waals surface area contributed by atoms with E-state index in [1.165, 1.54) is 4.88 Å². The van der Waals surface area contributed by atoms with Gasteiger partial charge >= 0.3 is 0 Å². The summed E-state index contributed by atoms with van der Waals surface area (Å²) in [5.74, 6) is 0. The number of hydrogen-bond donors (Lipinski definition) is 1. The van der Waals surface area contributed by atoms with Gasteiger partial charge in [0.2, 0.25) is 0 Å². The van der Waals surface area contributed by atoms with Crippen molar-refractivity contribution in [2.75, 3.05) is 0 Å². The number of benzene rings is 1. The summed E-state index contributed by atoms with van der Waals surface area (Å²) in [7, 11) is 0. The molecular formula is C11H9NS2. The van der Waals surface area contributed by atoms with E-state index < -0.39 is 0 Å². The molecule has 0 aliphatic heterocycles. The summed E-state index contributed by atoms with van der Waals surface area (Å²) >= 11 is 6.70. The Kier molecular flexibility index (Phi) is 2.61. The van der Waals surface area contributed by atoms with Gasteiger partial charge in [0, 0.05) is 16.0 Å². The van der Waals surface area contributed by atoms with Crippen LogP contribution >= 0.6 is 23.6 Å². The Morgan fingerprint density at radius 3 is 2.57 bits per heavy atom. The number of rotatable bonds is 2. The highest BCUT2D eigenvalue weighted by atomic mass is 32.1. The highest BCUT2D eigenvalue weighted by molar-refractivity contribution is 7.80. The third-order valence-corrected chi connectivity index (χ3v) is 3.10. The predicted octanol–water partition coefficient (Wildman–Crippen LogP) is 3.05. The minimum Gasteiger partial charge on any atom is -0.389 e. The second kappa shape index (κ2) is 3.90. The van der Waals surface area contributed by atoms with Gasteiger partial charge in [0.05, 0.1) is 0 Å². The molecule has 0 aliphatic carbocycles. The van der Waals surface area contributed by atoms with Crippen LogP contribution in [0.4, 0.5) is 0 Å². The fraction of sp³-hybridized carbons (Fsp3) is 0. The maximum atomic E-state index is 5.66. The molecule has 1 aromatic heterocycles. The molecule has 2 N–H and O–H groups in total. The SMILES string of the molecule is NC(=S)c1ccccc1-c1cccs1. The van der Waals surface area contributed by atoms with Gasteiger partial charge in [-0.3, -0.25) is 0 Å². The number of thiophene rings is 1. The van der Waals surface area contributed by atoms with Gasteiger partial charge in [0.25, 0.3) is 0 Å². The van der Waals surface area contributed by atoms with Crippen LogP contribution in [0, 0.1) is 0 Å². The lowest BCUT2D eigenvalue weighted by Crippen LogP contribution is -2.10. The Bertz CT molecular complexity index is 446. The molecule has 0 amide bonds. The first kappa shape index (κ1) is 9.37. The summed E-state index contributed by atoms with van der Waals surface area (Å²) in [6.07, 6.45) is 0. The van der Waals surface area contributed by atoms with Crippen LogP contribution < -0.4 is 5.73 Å². The Morgan fingerprint density at radius 2 is 1.93 bits per heavy atom. The summed E-state index contributed by atoms with van der Waals surface area (Å²) in [4.78, 5) is 1.66. The van der Waals surface area contributed by atoms with E-state index in [0.29, 0.717) is 4.99 Å². The van der Waals surface area contributed by atoms with E-state index in [9.17, 15) is 0 Å². The molecule has 2 aromatic rings. The van der Waals surface area contributed by atoms with E-state index in [2.05, 4.69) is 6.07 Å². The zero-order chi connectivity index (χ0) is 9.97. The molecule has 0 unspecified atom stereocenters. The molecule has 0 aliphatic rings. The molecule has 1 nitrogen and oxygen atoms in total. The van der Waals surface area contributed by atoms with Crippen LogP contribution in [0.3, 0.4) is 0 Å². The maximum Gasteiger partial charge on any atom is 0.104 e. The van der Waals surface area contributed by atoms with Gasteiger partial charge in [-0.25, -0.2) is 0 Å². The zero-order valence-electron chi connectivity index (χ0n) is 7.44. The van der Waals surface area contributed by atoms with Gasteiger partial charge in [0.15, 0.2) is 0 Å². The average Bonchev–Trinajstić information content (AvgIpc) is 2.70. The minimum absolute atomic E-state index is 0.453. The van der Waals surface area contributed by atoms with E-state index in [4.69, 9.17) is 18.0 Å². The standard InChI is InChI=1S/C11H9NS2/c12-11(13)9-5-2-1-4-8(9)10-6-3-7-14-10/h1-7H,(H2,12,13). The highest BCUT2D eigenvalue weighted by Gasteiger charge is 2.06. The van der Waals surface area contributed by atoms with Gasteiger partial charge in [0.1, 0.15) is 4.99 Å². The molecule has 2 rings (SSSR count). The van der Waals surface area contributed by atoms with Crippen LogP contribution in [0.25, 0.3) is 10.4 Å². The molecule has 0 radical (unpaired) electrons. The Balaban J connectivity index is 2.58. The first-order chi connectivity index (χ1) is 6.79. The van der Waals surface area contributed by atoms with Crippen molar-refractivity contribution in [3.63, 3.8) is 0 Å². The molecule has 0 saturated carbocycles. The van der Waals surface area contributed by atoms with E-state index in [1.807, 2.05) is 35.7 Å². The molecule has 0 bridgehead atoms. The summed E-state index contributed by atoms with van der Waals surface area (Å²) in [6, 6.07) is 12.0. The molecule has 1 heterocycles. The molecule has 1 aromatic carbocycles. The Labute approximate surface area is 92.2 Å². The van der Waals surface area contributed by atoms with Crippen LogP contribution in [0.15, 0.2) is 41.8 Å². The van der Waals surface area contributed by atoms with Crippen molar-refractivity contribution < 1.29 is 0 Å². The van der Waals surface area contributed by atoms with Crippen molar-refractivity contribution in [2.24, 2.45) is 5.73 Å². The largest absolute Gasteiger partial charge is 0.389 e. The highest BCUT2D eigenvalue weighted by Crippen LogP contribution is 2.27. The van der Waals surface area contributed by atoms with Crippen LogP contribution in [-0.4, -0.2) is 4.99 Å². The lowest BCUT2D eigenvalue weighted by molar-refractivity contribution is 1.62. The number of hydrogen-bond acceptors (Lipinski definition) is 2. The molecule has 0 saturated heterocycles. The first-order valence-electron chi connectivity index (χ1n) is 4.22. The first-order valence-corrected chi connectivity index (χ1v) is 5.50. The molecule has 14 heavy (non-hydrogen) atoms. The molecule has 0 spiro atoms. The summed E-state index contributed by atoms with van der Waals surface area (Å²) in [5.41, 5.74) is 7.73. The van der Waals surface area contributed by atoms with Crippen molar-refractivity contribution in [1.82, 2.24) is 0 Å². The topological polar surface area (TPSA) is 26.0 Å². The van der Waals surface area contributed by atoms with Crippen molar-refractivity contribution in [3.05, 3.63) is 47.3 Å². The molecular weight excluding hydrogens is 210 g/mol. The van der Waals surface area contributed by atoms with Crippen LogP contribution in [0.5, 0.6) is 0 Å². The number of thiocarbonyl (C=S) groups is 1. The molecule has 70 valence electrons. The van der Waals surface area contributed by atoms with Crippen molar-refractivity contribution in [1.29, 1.82) is 0 Å². The van der Waals surface area contributed by atoms with Crippen LogP contribution in [-0.2, 0) is 0 Å². The lowest BCUT2D eigenvalue weighted by Gasteiger charge is -2.04. The zero-order valence-corrected chi connectivity index (χ0v) is 9.07. The van der Waals surface area contributed by atoms with Gasteiger partial charge < -0.3 is 5.73 Å². The van der Waals surface area contributed by atoms with E-state index in [0.717, 1.165) is 11.1 Å². The van der Waals surface area contributed by atoms with Crippen LogP contribution in [0.2, 0.25) is 0 Å². The van der Waals surface area contributed by atoms with Crippen molar-refractivity contribution in [2.45, 2.75) is 0 Å². The third-order valence-electron chi connectivity index (χ3n) is 1.98. The molecule has 3 heteroatoms. The Morgan fingerprint density at radius 1 is 1.14 bits per heavy atom. The van der Waals surface area contributed by atoms with E-state index in [-0.39, 0.29) is 0 Å². The smallest absolute Gasteiger partial charge is 0.104 e. The Hall–Kier alpha value is -1.19. The van der Waals surface area contributed by atoms with Gasteiger partial charge in [-0.15, -0.1) is 11.3 Å². The van der Waals surface area contributed by atoms with Gasteiger partial charge in [-0.1, -0.05) is 42.5 Å². The quantitative estimate of drug-likeness (QED) is 0.786. The maximum absolute atomic E-state index is 5.66. The summed E-state index contributed by atoms with van der Waals surface area (Å²) in [6.45, 7) is 0. The monoisotopic (exact) mass is 219 g/mol. The fourth-order valence-electron chi connectivity index (χ4n) is 1.34. The second-order valence-corrected chi connectivity index (χ2v) is 4.27. The van der Waals surface area contributed by atoms with Gasteiger partial charge in [-0.05, 0) is 11.4 Å². The average molecular weight is 219 g/mol. The lowest BCUT2D eigenvalue weighted by atomic mass is 10.1. The molecule has 0 fully saturated rings. The normalized spacial score (nSPS) is 10.0. The second-order valence-electron chi connectivity index (χ2n) is 2.89. The van der Waals surface area contributed by atoms with E-state index in [1.54, 1.807) is 11.3 Å². The van der Waals surface area contributed by atoms with Crippen molar-refractivity contribution >= 4 is 28.5 Å². The summed E-state index contributed by atoms with van der Waals surface area (Å²) in [5, 5.41) is 2.05. The molecule has 0 atom stereocenters.